The Bertz CT molecular complexity index is 830. The van der Waals surface area contributed by atoms with Crippen molar-refractivity contribution in [2.24, 2.45) is 0 Å². The number of aromatic nitrogens is 1. The van der Waals surface area contributed by atoms with Gasteiger partial charge in [0.25, 0.3) is 5.91 Å². The predicted molar refractivity (Wildman–Crippen MR) is 86.9 cm³/mol. The summed E-state index contributed by atoms with van der Waals surface area (Å²) in [4.78, 5) is 15.7. The molecule has 2 N–H and O–H groups in total. The number of benzene rings is 2. The van der Waals surface area contributed by atoms with E-state index in [1.54, 1.807) is 0 Å². The molecule has 0 spiro atoms. The zero-order valence-corrected chi connectivity index (χ0v) is 12.4. The first kappa shape index (κ1) is 13.4. The number of nitrogens with one attached hydrogen (secondary N) is 2. The van der Waals surface area contributed by atoms with Crippen LogP contribution in [-0.4, -0.2) is 10.9 Å². The van der Waals surface area contributed by atoms with Gasteiger partial charge in [0.1, 0.15) is 0 Å². The predicted octanol–water partition coefficient (Wildman–Crippen LogP) is 4.35. The molecule has 3 heteroatoms. The fourth-order valence-corrected chi connectivity index (χ4v) is 2.53. The molecule has 0 radical (unpaired) electrons. The van der Waals surface area contributed by atoms with Crippen LogP contribution in [0.3, 0.4) is 0 Å². The van der Waals surface area contributed by atoms with Crippen molar-refractivity contribution in [1.82, 2.24) is 4.98 Å². The molecule has 0 saturated carbocycles. The summed E-state index contributed by atoms with van der Waals surface area (Å²) in [5.41, 5.74) is 5.80. The van der Waals surface area contributed by atoms with Crippen LogP contribution in [0.4, 0.5) is 5.69 Å². The largest absolute Gasteiger partial charge is 0.359 e. The molecule has 3 rings (SSSR count). The Kier molecular flexibility index (Phi) is 3.26. The maximum atomic E-state index is 12.4. The molecule has 0 saturated heterocycles. The van der Waals surface area contributed by atoms with Crippen LogP contribution >= 0.6 is 0 Å². The second-order valence-corrected chi connectivity index (χ2v) is 5.53. The molecular weight excluding hydrogens is 260 g/mol. The van der Waals surface area contributed by atoms with Crippen LogP contribution in [0.5, 0.6) is 0 Å². The number of H-pyrrole nitrogens is 1. The summed E-state index contributed by atoms with van der Waals surface area (Å²) >= 11 is 0. The summed E-state index contributed by atoms with van der Waals surface area (Å²) in [6.45, 7) is 5.96. The van der Waals surface area contributed by atoms with E-state index < -0.39 is 0 Å². The molecule has 3 aromatic rings. The maximum absolute atomic E-state index is 12.4. The number of carbonyl (C=O) groups is 1. The molecule has 2 aromatic carbocycles. The normalized spacial score (nSPS) is 10.8. The fraction of sp³-hybridized carbons (Fsp3) is 0.167. The van der Waals surface area contributed by atoms with E-state index in [9.17, 15) is 4.79 Å². The van der Waals surface area contributed by atoms with Crippen molar-refractivity contribution in [1.29, 1.82) is 0 Å². The van der Waals surface area contributed by atoms with Gasteiger partial charge in [0, 0.05) is 27.8 Å². The minimum atomic E-state index is -0.0668. The Balaban J connectivity index is 1.90. The summed E-state index contributed by atoms with van der Waals surface area (Å²) in [6, 6.07) is 13.9. The van der Waals surface area contributed by atoms with Crippen LogP contribution in [0.1, 0.15) is 27.2 Å². The minimum Gasteiger partial charge on any atom is -0.359 e. The molecule has 0 atom stereocenters. The average molecular weight is 278 g/mol. The smallest absolute Gasteiger partial charge is 0.255 e. The maximum Gasteiger partial charge on any atom is 0.255 e. The van der Waals surface area contributed by atoms with E-state index in [1.165, 1.54) is 0 Å². The summed E-state index contributed by atoms with van der Waals surface area (Å²) in [7, 11) is 0. The third-order valence-corrected chi connectivity index (χ3v) is 3.65. The molecular formula is C18H18N2O. The molecule has 0 aliphatic heterocycles. The van der Waals surface area contributed by atoms with E-state index in [4.69, 9.17) is 0 Å². The summed E-state index contributed by atoms with van der Waals surface area (Å²) in [5, 5.41) is 4.08. The zero-order chi connectivity index (χ0) is 15.0. The van der Waals surface area contributed by atoms with Gasteiger partial charge < -0.3 is 10.3 Å². The van der Waals surface area contributed by atoms with Gasteiger partial charge in [-0.25, -0.2) is 0 Å². The van der Waals surface area contributed by atoms with Crippen LogP contribution in [0.25, 0.3) is 10.9 Å². The lowest BCUT2D eigenvalue weighted by Gasteiger charge is -2.08. The molecule has 1 aromatic heterocycles. The van der Waals surface area contributed by atoms with Gasteiger partial charge in [0.05, 0.1) is 0 Å². The first-order valence-electron chi connectivity index (χ1n) is 7.01. The first-order valence-corrected chi connectivity index (χ1v) is 7.01. The molecule has 1 heterocycles. The molecule has 3 nitrogen and oxygen atoms in total. The SMILES string of the molecule is Cc1ccc(C)c(C(=O)Nc2ccc3[nH]c(C)cc3c2)c1. The van der Waals surface area contributed by atoms with E-state index in [2.05, 4.69) is 16.4 Å². The Morgan fingerprint density at radius 3 is 2.62 bits per heavy atom. The third kappa shape index (κ3) is 2.68. The van der Waals surface area contributed by atoms with Crippen molar-refractivity contribution in [2.75, 3.05) is 5.32 Å². The van der Waals surface area contributed by atoms with Gasteiger partial charge in [0.15, 0.2) is 0 Å². The molecule has 106 valence electrons. The monoisotopic (exact) mass is 278 g/mol. The molecule has 0 bridgehead atoms. The van der Waals surface area contributed by atoms with Crippen molar-refractivity contribution in [2.45, 2.75) is 20.8 Å². The van der Waals surface area contributed by atoms with E-state index >= 15 is 0 Å². The van der Waals surface area contributed by atoms with E-state index in [-0.39, 0.29) is 5.91 Å². The van der Waals surface area contributed by atoms with Crippen LogP contribution in [0, 0.1) is 20.8 Å². The Hall–Kier alpha value is -2.55. The number of aromatic amines is 1. The molecule has 1 amide bonds. The highest BCUT2D eigenvalue weighted by Crippen LogP contribution is 2.21. The van der Waals surface area contributed by atoms with E-state index in [0.717, 1.165) is 39.0 Å². The lowest BCUT2D eigenvalue weighted by molar-refractivity contribution is 0.102. The molecule has 21 heavy (non-hydrogen) atoms. The lowest BCUT2D eigenvalue weighted by atomic mass is 10.0. The molecule has 0 unspecified atom stereocenters. The van der Waals surface area contributed by atoms with Gasteiger partial charge in [-0.1, -0.05) is 17.7 Å². The van der Waals surface area contributed by atoms with Crippen molar-refractivity contribution in [3.63, 3.8) is 0 Å². The molecule has 0 aliphatic carbocycles. The number of rotatable bonds is 2. The average Bonchev–Trinajstić information content (AvgIpc) is 2.80. The number of amides is 1. The topological polar surface area (TPSA) is 44.9 Å². The first-order chi connectivity index (χ1) is 10.0. The number of anilines is 1. The van der Waals surface area contributed by atoms with E-state index in [1.807, 2.05) is 57.2 Å². The summed E-state index contributed by atoms with van der Waals surface area (Å²) < 4.78 is 0. The van der Waals surface area contributed by atoms with Crippen LogP contribution in [0.2, 0.25) is 0 Å². The standard InChI is InChI=1S/C18H18N2O/c1-11-4-5-12(2)16(8-11)18(21)20-15-6-7-17-14(10-15)9-13(3)19-17/h4-10,19H,1-3H3,(H,20,21). The lowest BCUT2D eigenvalue weighted by Crippen LogP contribution is -2.13. The second-order valence-electron chi connectivity index (χ2n) is 5.53. The number of hydrogen-bond acceptors (Lipinski definition) is 1. The number of hydrogen-bond donors (Lipinski definition) is 2. The highest BCUT2D eigenvalue weighted by molar-refractivity contribution is 6.06. The van der Waals surface area contributed by atoms with E-state index in [0.29, 0.717) is 0 Å². The van der Waals surface area contributed by atoms with Crippen LogP contribution in [0.15, 0.2) is 42.5 Å². The highest BCUT2D eigenvalue weighted by Gasteiger charge is 2.10. The number of aryl methyl sites for hydroxylation is 3. The third-order valence-electron chi connectivity index (χ3n) is 3.65. The molecule has 0 aliphatic rings. The Morgan fingerprint density at radius 2 is 1.81 bits per heavy atom. The van der Waals surface area contributed by atoms with Gasteiger partial charge in [-0.05, 0) is 56.7 Å². The van der Waals surface area contributed by atoms with Crippen molar-refractivity contribution in [3.05, 3.63) is 64.8 Å². The van der Waals surface area contributed by atoms with Gasteiger partial charge in [-0.15, -0.1) is 0 Å². The van der Waals surface area contributed by atoms with Crippen molar-refractivity contribution in [3.8, 4) is 0 Å². The summed E-state index contributed by atoms with van der Waals surface area (Å²) in [6.07, 6.45) is 0. The molecule has 0 fully saturated rings. The van der Waals surface area contributed by atoms with Gasteiger partial charge in [0.2, 0.25) is 0 Å². The van der Waals surface area contributed by atoms with Gasteiger partial charge in [-0.3, -0.25) is 4.79 Å². The van der Waals surface area contributed by atoms with Crippen LogP contribution < -0.4 is 5.32 Å². The fourth-order valence-electron chi connectivity index (χ4n) is 2.53. The number of carbonyl (C=O) groups excluding carboxylic acids is 1. The zero-order valence-electron chi connectivity index (χ0n) is 12.4. The summed E-state index contributed by atoms with van der Waals surface area (Å²) in [5.74, 6) is -0.0668. The van der Waals surface area contributed by atoms with Crippen molar-refractivity contribution < 1.29 is 4.79 Å². The van der Waals surface area contributed by atoms with Gasteiger partial charge >= 0.3 is 0 Å². The minimum absolute atomic E-state index is 0.0668. The Labute approximate surface area is 124 Å². The Morgan fingerprint density at radius 1 is 1.00 bits per heavy atom. The highest BCUT2D eigenvalue weighted by atomic mass is 16.1. The second kappa shape index (κ2) is 5.09. The van der Waals surface area contributed by atoms with Gasteiger partial charge in [-0.2, -0.15) is 0 Å². The quantitative estimate of drug-likeness (QED) is 0.719. The number of fused-ring (bicyclic) bond motifs is 1. The van der Waals surface area contributed by atoms with Crippen LogP contribution in [-0.2, 0) is 0 Å². The van der Waals surface area contributed by atoms with Crippen molar-refractivity contribution >= 4 is 22.5 Å².